The first-order chi connectivity index (χ1) is 8.20. The number of carbonyl (C=O) groups excluding carboxylic acids is 1. The van der Waals surface area contributed by atoms with Crippen LogP contribution in [0.2, 0.25) is 0 Å². The van der Waals surface area contributed by atoms with Crippen LogP contribution < -0.4 is 14.8 Å². The number of hydrogen-bond donors (Lipinski definition) is 1. The van der Waals surface area contributed by atoms with Gasteiger partial charge in [-0.3, -0.25) is 4.79 Å². The van der Waals surface area contributed by atoms with Crippen molar-refractivity contribution in [1.29, 1.82) is 0 Å². The number of hydrogen-bond acceptors (Lipinski definition) is 3. The van der Waals surface area contributed by atoms with Crippen LogP contribution in [0.1, 0.15) is 25.8 Å². The van der Waals surface area contributed by atoms with Crippen molar-refractivity contribution in [3.05, 3.63) is 17.7 Å². The molecule has 0 aliphatic carbocycles. The van der Waals surface area contributed by atoms with Crippen LogP contribution in [0.25, 0.3) is 0 Å². The van der Waals surface area contributed by atoms with Crippen molar-refractivity contribution in [2.24, 2.45) is 0 Å². The van der Waals surface area contributed by atoms with Crippen LogP contribution in [0.4, 0.5) is 5.69 Å². The third kappa shape index (κ3) is 2.70. The van der Waals surface area contributed by atoms with Crippen molar-refractivity contribution in [2.45, 2.75) is 26.7 Å². The molecule has 0 saturated heterocycles. The Bertz CT molecular complexity index is 429. The minimum absolute atomic E-state index is 0.0948. The number of ether oxygens (including phenoxy) is 2. The zero-order chi connectivity index (χ0) is 12.3. The van der Waals surface area contributed by atoms with Crippen LogP contribution in [0, 0.1) is 0 Å². The van der Waals surface area contributed by atoms with Gasteiger partial charge in [0.2, 0.25) is 5.91 Å². The van der Waals surface area contributed by atoms with Crippen LogP contribution in [0.15, 0.2) is 12.1 Å². The maximum absolute atomic E-state index is 11.1. The molecule has 1 heterocycles. The molecule has 1 aromatic carbocycles. The molecule has 0 bridgehead atoms. The van der Waals surface area contributed by atoms with E-state index in [0.29, 0.717) is 12.4 Å². The Morgan fingerprint density at radius 2 is 2.35 bits per heavy atom. The summed E-state index contributed by atoms with van der Waals surface area (Å²) in [5.74, 6) is 1.44. The highest BCUT2D eigenvalue weighted by molar-refractivity contribution is 5.90. The quantitative estimate of drug-likeness (QED) is 0.875. The maximum atomic E-state index is 11.1. The average molecular weight is 235 g/mol. The molecule has 1 aliphatic heterocycles. The Labute approximate surface area is 101 Å². The molecule has 1 aromatic rings. The van der Waals surface area contributed by atoms with E-state index in [0.717, 1.165) is 36.4 Å². The van der Waals surface area contributed by atoms with Gasteiger partial charge < -0.3 is 14.8 Å². The molecule has 0 atom stereocenters. The maximum Gasteiger partial charge on any atom is 0.221 e. The predicted molar refractivity (Wildman–Crippen MR) is 65.7 cm³/mol. The summed E-state index contributed by atoms with van der Waals surface area (Å²) in [6.07, 6.45) is 1.99. The minimum atomic E-state index is -0.0948. The van der Waals surface area contributed by atoms with Crippen LogP contribution in [-0.4, -0.2) is 19.1 Å². The van der Waals surface area contributed by atoms with Crippen molar-refractivity contribution in [1.82, 2.24) is 0 Å². The van der Waals surface area contributed by atoms with Gasteiger partial charge in [-0.15, -0.1) is 0 Å². The summed E-state index contributed by atoms with van der Waals surface area (Å²) in [4.78, 5) is 11.1. The van der Waals surface area contributed by atoms with Gasteiger partial charge in [0.05, 0.1) is 18.9 Å². The van der Waals surface area contributed by atoms with Crippen molar-refractivity contribution in [2.75, 3.05) is 18.5 Å². The zero-order valence-corrected chi connectivity index (χ0v) is 10.2. The van der Waals surface area contributed by atoms with Crippen LogP contribution in [-0.2, 0) is 11.2 Å². The van der Waals surface area contributed by atoms with Crippen molar-refractivity contribution < 1.29 is 14.3 Å². The van der Waals surface area contributed by atoms with Gasteiger partial charge in [-0.2, -0.15) is 0 Å². The normalized spacial score (nSPS) is 13.5. The lowest BCUT2D eigenvalue weighted by Gasteiger charge is -2.20. The molecule has 0 aromatic heterocycles. The molecule has 0 unspecified atom stereocenters. The molecule has 92 valence electrons. The molecular weight excluding hydrogens is 218 g/mol. The third-order valence-corrected chi connectivity index (χ3v) is 2.62. The SMILES string of the molecule is CCOc1cc2c(cc1NC(C)=O)CCCO2. The lowest BCUT2D eigenvalue weighted by Crippen LogP contribution is -2.12. The lowest BCUT2D eigenvalue weighted by molar-refractivity contribution is -0.114. The number of carbonyl (C=O) groups is 1. The number of fused-ring (bicyclic) bond motifs is 1. The van der Waals surface area contributed by atoms with Gasteiger partial charge in [-0.05, 0) is 31.4 Å². The molecule has 17 heavy (non-hydrogen) atoms. The second-order valence-corrected chi connectivity index (χ2v) is 4.02. The number of anilines is 1. The zero-order valence-electron chi connectivity index (χ0n) is 10.2. The fourth-order valence-electron chi connectivity index (χ4n) is 1.94. The Morgan fingerprint density at radius 1 is 1.53 bits per heavy atom. The van der Waals surface area contributed by atoms with E-state index in [4.69, 9.17) is 9.47 Å². The molecule has 0 saturated carbocycles. The Morgan fingerprint density at radius 3 is 3.06 bits per heavy atom. The predicted octanol–water partition coefficient (Wildman–Crippen LogP) is 2.37. The van der Waals surface area contributed by atoms with Gasteiger partial charge in [0.1, 0.15) is 11.5 Å². The molecule has 0 spiro atoms. The first-order valence-corrected chi connectivity index (χ1v) is 5.91. The van der Waals surface area contributed by atoms with E-state index in [1.807, 2.05) is 19.1 Å². The number of rotatable bonds is 3. The summed E-state index contributed by atoms with van der Waals surface area (Å²) in [7, 11) is 0. The second-order valence-electron chi connectivity index (χ2n) is 4.02. The summed E-state index contributed by atoms with van der Waals surface area (Å²) in [5.41, 5.74) is 1.85. The molecule has 0 radical (unpaired) electrons. The van der Waals surface area contributed by atoms with E-state index in [2.05, 4.69) is 5.32 Å². The summed E-state index contributed by atoms with van der Waals surface area (Å²) < 4.78 is 11.1. The van der Waals surface area contributed by atoms with E-state index in [1.54, 1.807) is 0 Å². The van der Waals surface area contributed by atoms with Crippen LogP contribution >= 0.6 is 0 Å². The third-order valence-electron chi connectivity index (χ3n) is 2.62. The molecule has 1 amide bonds. The number of amides is 1. The van der Waals surface area contributed by atoms with Gasteiger partial charge in [0.15, 0.2) is 0 Å². The largest absolute Gasteiger partial charge is 0.493 e. The molecule has 2 rings (SSSR count). The fraction of sp³-hybridized carbons (Fsp3) is 0.462. The van der Waals surface area contributed by atoms with Gasteiger partial charge in [0, 0.05) is 13.0 Å². The van der Waals surface area contributed by atoms with Gasteiger partial charge in [0.25, 0.3) is 0 Å². The van der Waals surface area contributed by atoms with Gasteiger partial charge in [-0.25, -0.2) is 0 Å². The summed E-state index contributed by atoms with van der Waals surface area (Å²) >= 11 is 0. The Hall–Kier alpha value is -1.71. The molecular formula is C13H17NO3. The summed E-state index contributed by atoms with van der Waals surface area (Å²) in [6, 6.07) is 3.81. The Kier molecular flexibility index (Phi) is 3.52. The van der Waals surface area contributed by atoms with Gasteiger partial charge >= 0.3 is 0 Å². The number of aryl methyl sites for hydroxylation is 1. The smallest absolute Gasteiger partial charge is 0.221 e. The van der Waals surface area contributed by atoms with E-state index < -0.39 is 0 Å². The average Bonchev–Trinajstić information content (AvgIpc) is 2.29. The minimum Gasteiger partial charge on any atom is -0.493 e. The molecule has 1 N–H and O–H groups in total. The monoisotopic (exact) mass is 235 g/mol. The molecule has 4 heteroatoms. The lowest BCUT2D eigenvalue weighted by atomic mass is 10.0. The van der Waals surface area contributed by atoms with E-state index in [-0.39, 0.29) is 5.91 Å². The van der Waals surface area contributed by atoms with Crippen molar-refractivity contribution >= 4 is 11.6 Å². The number of benzene rings is 1. The van der Waals surface area contributed by atoms with Crippen molar-refractivity contribution in [3.63, 3.8) is 0 Å². The topological polar surface area (TPSA) is 47.6 Å². The first kappa shape index (κ1) is 11.8. The standard InChI is InChI=1S/C13H17NO3/c1-3-16-13-8-12-10(5-4-6-17-12)7-11(13)14-9(2)15/h7-8H,3-6H2,1-2H3,(H,14,15). The van der Waals surface area contributed by atoms with E-state index >= 15 is 0 Å². The van der Waals surface area contributed by atoms with Gasteiger partial charge in [-0.1, -0.05) is 0 Å². The molecule has 0 fully saturated rings. The van der Waals surface area contributed by atoms with Crippen LogP contribution in [0.3, 0.4) is 0 Å². The van der Waals surface area contributed by atoms with E-state index in [1.165, 1.54) is 6.92 Å². The summed E-state index contributed by atoms with van der Waals surface area (Å²) in [6.45, 7) is 4.72. The molecule has 1 aliphatic rings. The Balaban J connectivity index is 2.36. The highest BCUT2D eigenvalue weighted by Crippen LogP contribution is 2.35. The highest BCUT2D eigenvalue weighted by Gasteiger charge is 2.15. The van der Waals surface area contributed by atoms with E-state index in [9.17, 15) is 4.79 Å². The number of nitrogens with one attached hydrogen (secondary N) is 1. The van der Waals surface area contributed by atoms with Crippen molar-refractivity contribution in [3.8, 4) is 11.5 Å². The van der Waals surface area contributed by atoms with Crippen LogP contribution in [0.5, 0.6) is 11.5 Å². The molecule has 4 nitrogen and oxygen atoms in total. The highest BCUT2D eigenvalue weighted by atomic mass is 16.5. The fourth-order valence-corrected chi connectivity index (χ4v) is 1.94. The second kappa shape index (κ2) is 5.08. The summed E-state index contributed by atoms with van der Waals surface area (Å²) in [5, 5.41) is 2.79. The first-order valence-electron chi connectivity index (χ1n) is 5.91.